The van der Waals surface area contributed by atoms with Crippen molar-refractivity contribution < 1.29 is 0 Å². The number of hydrogen-bond donors (Lipinski definition) is 0. The average molecular weight is 738 g/mol. The van der Waals surface area contributed by atoms with Gasteiger partial charge in [-0.1, -0.05) is 182 Å². The van der Waals surface area contributed by atoms with Crippen molar-refractivity contribution in [1.29, 1.82) is 0 Å². The Morgan fingerprint density at radius 3 is 1.62 bits per heavy atom. The Morgan fingerprint density at radius 1 is 0.345 bits per heavy atom. The Balaban J connectivity index is 1.09. The minimum atomic E-state index is -0.542. The molecule has 58 heavy (non-hydrogen) atoms. The number of aromatic nitrogens is 3. The van der Waals surface area contributed by atoms with E-state index in [9.17, 15) is 0 Å². The van der Waals surface area contributed by atoms with Crippen molar-refractivity contribution in [3.63, 3.8) is 0 Å². The molecule has 0 amide bonds. The molecule has 1 aliphatic heterocycles. The standard InChI is InChI=1S/C55H35N3/c1-4-17-36(18-5-1)49-34-41(35-50(56-49)37-19-6-2-7-20-37)39-23-14-24-40(33-39)42-26-15-29-46-52(42)43-25-10-11-27-44(43)55(46)45-28-12-13-32-51(45)58-53-47(55)30-16-31-48(53)57-54(58)38-21-8-3-9-22-38/h1-35H. The predicted octanol–water partition coefficient (Wildman–Crippen LogP) is 13.4. The number of imidazole rings is 1. The Hall–Kier alpha value is -7.62. The van der Waals surface area contributed by atoms with Gasteiger partial charge in [-0.3, -0.25) is 4.57 Å². The zero-order chi connectivity index (χ0) is 38.2. The van der Waals surface area contributed by atoms with E-state index in [2.05, 4.69) is 217 Å². The third kappa shape index (κ3) is 4.68. The number of fused-ring (bicyclic) bond motifs is 9. The lowest BCUT2D eigenvalue weighted by Crippen LogP contribution is -2.33. The lowest BCUT2D eigenvalue weighted by Gasteiger charge is -2.39. The molecule has 1 atom stereocenters. The summed E-state index contributed by atoms with van der Waals surface area (Å²) in [5.41, 5.74) is 20.4. The molecule has 0 N–H and O–H groups in total. The van der Waals surface area contributed by atoms with Crippen molar-refractivity contribution in [1.82, 2.24) is 14.5 Å². The fraction of sp³-hybridized carbons (Fsp3) is 0.0182. The number of para-hydroxylation sites is 2. The van der Waals surface area contributed by atoms with Crippen molar-refractivity contribution in [2.75, 3.05) is 0 Å². The van der Waals surface area contributed by atoms with E-state index in [0.29, 0.717) is 0 Å². The fourth-order valence-corrected chi connectivity index (χ4v) is 9.80. The monoisotopic (exact) mass is 737 g/mol. The van der Waals surface area contributed by atoms with E-state index in [4.69, 9.17) is 9.97 Å². The average Bonchev–Trinajstić information content (AvgIpc) is 3.84. The first-order valence-electron chi connectivity index (χ1n) is 19.9. The van der Waals surface area contributed by atoms with Crippen molar-refractivity contribution in [2.45, 2.75) is 5.41 Å². The molecule has 0 saturated heterocycles. The summed E-state index contributed by atoms with van der Waals surface area (Å²) in [5, 5.41) is 0. The lowest BCUT2D eigenvalue weighted by molar-refractivity contribution is 0.746. The van der Waals surface area contributed by atoms with Crippen LogP contribution in [-0.4, -0.2) is 14.5 Å². The van der Waals surface area contributed by atoms with Crippen LogP contribution in [0.1, 0.15) is 22.3 Å². The van der Waals surface area contributed by atoms with Gasteiger partial charge in [-0.2, -0.15) is 0 Å². The van der Waals surface area contributed by atoms with Crippen LogP contribution >= 0.6 is 0 Å². The van der Waals surface area contributed by atoms with Crippen LogP contribution in [0.15, 0.2) is 212 Å². The molecule has 8 aromatic carbocycles. The van der Waals surface area contributed by atoms with Crippen molar-refractivity contribution >= 4 is 11.0 Å². The molecule has 12 rings (SSSR count). The van der Waals surface area contributed by atoms with Crippen LogP contribution in [0.4, 0.5) is 0 Å². The maximum atomic E-state index is 5.33. The first-order chi connectivity index (χ1) is 28.8. The quantitative estimate of drug-likeness (QED) is 0.176. The van der Waals surface area contributed by atoms with Gasteiger partial charge in [0.15, 0.2) is 0 Å². The summed E-state index contributed by atoms with van der Waals surface area (Å²) in [5.74, 6) is 0.962. The van der Waals surface area contributed by atoms with E-state index >= 15 is 0 Å². The van der Waals surface area contributed by atoms with Crippen LogP contribution in [-0.2, 0) is 5.41 Å². The topological polar surface area (TPSA) is 30.7 Å². The van der Waals surface area contributed by atoms with E-state index < -0.39 is 5.41 Å². The third-order valence-corrected chi connectivity index (χ3v) is 12.2. The number of nitrogens with zero attached hydrogens (tertiary/aromatic N) is 3. The Kier molecular flexibility index (Phi) is 7.14. The maximum Gasteiger partial charge on any atom is 0.145 e. The van der Waals surface area contributed by atoms with E-state index in [1.165, 1.54) is 50.2 Å². The van der Waals surface area contributed by atoms with Gasteiger partial charge in [0.25, 0.3) is 0 Å². The van der Waals surface area contributed by atoms with E-state index in [1.54, 1.807) is 0 Å². The zero-order valence-corrected chi connectivity index (χ0v) is 31.5. The van der Waals surface area contributed by atoms with Crippen LogP contribution < -0.4 is 0 Å². The smallest absolute Gasteiger partial charge is 0.145 e. The maximum absolute atomic E-state index is 5.33. The number of rotatable bonds is 5. The number of hydrogen-bond acceptors (Lipinski definition) is 2. The van der Waals surface area contributed by atoms with E-state index in [-0.39, 0.29) is 0 Å². The second kappa shape index (κ2) is 12.7. The highest BCUT2D eigenvalue weighted by atomic mass is 15.1. The summed E-state index contributed by atoms with van der Waals surface area (Å²) in [7, 11) is 0. The van der Waals surface area contributed by atoms with Gasteiger partial charge in [0, 0.05) is 16.7 Å². The molecule has 1 unspecified atom stereocenters. The molecule has 2 aliphatic rings. The summed E-state index contributed by atoms with van der Waals surface area (Å²) in [4.78, 5) is 10.5. The van der Waals surface area contributed by atoms with Gasteiger partial charge in [0.1, 0.15) is 5.82 Å². The molecular formula is C55H35N3. The van der Waals surface area contributed by atoms with Gasteiger partial charge in [0.2, 0.25) is 0 Å². The second-order valence-corrected chi connectivity index (χ2v) is 15.3. The van der Waals surface area contributed by atoms with Crippen LogP contribution in [0.5, 0.6) is 0 Å². The van der Waals surface area contributed by atoms with Crippen molar-refractivity contribution in [2.24, 2.45) is 0 Å². The molecule has 0 radical (unpaired) electrons. The number of pyridine rings is 1. The van der Waals surface area contributed by atoms with Gasteiger partial charge in [-0.05, 0) is 86.0 Å². The Bertz CT molecular complexity index is 3160. The molecule has 3 nitrogen and oxygen atoms in total. The molecule has 0 bridgehead atoms. The molecule has 1 aliphatic carbocycles. The molecule has 270 valence electrons. The van der Waals surface area contributed by atoms with Crippen molar-refractivity contribution in [3.8, 4) is 73.0 Å². The lowest BCUT2D eigenvalue weighted by atomic mass is 9.65. The Morgan fingerprint density at radius 2 is 0.879 bits per heavy atom. The van der Waals surface area contributed by atoms with Gasteiger partial charge in [-0.15, -0.1) is 0 Å². The van der Waals surface area contributed by atoms with Gasteiger partial charge in [0.05, 0.1) is 33.5 Å². The van der Waals surface area contributed by atoms with Gasteiger partial charge in [-0.25, -0.2) is 9.97 Å². The van der Waals surface area contributed by atoms with Crippen LogP contribution in [0, 0.1) is 0 Å². The van der Waals surface area contributed by atoms with Crippen LogP contribution in [0.2, 0.25) is 0 Å². The van der Waals surface area contributed by atoms with E-state index in [0.717, 1.165) is 56.1 Å². The normalized spacial score (nSPS) is 14.6. The SMILES string of the molecule is c1ccc(-c2cc(-c3cccc(-c4cccc5c4-c4ccccc4C54c5ccccc5-n5c(-c6ccccc6)nc6cccc4c65)c3)cc(-c3ccccc3)n2)cc1. The minimum absolute atomic E-state index is 0.542. The largest absolute Gasteiger partial charge is 0.292 e. The fourth-order valence-electron chi connectivity index (χ4n) is 9.80. The number of benzene rings is 8. The second-order valence-electron chi connectivity index (χ2n) is 15.3. The molecular weight excluding hydrogens is 703 g/mol. The molecule has 10 aromatic rings. The summed E-state index contributed by atoms with van der Waals surface area (Å²) >= 11 is 0. The predicted molar refractivity (Wildman–Crippen MR) is 237 cm³/mol. The van der Waals surface area contributed by atoms with Gasteiger partial charge >= 0.3 is 0 Å². The Labute approximate surface area is 337 Å². The summed E-state index contributed by atoms with van der Waals surface area (Å²) in [6.45, 7) is 0. The molecule has 3 heteroatoms. The molecule has 1 spiro atoms. The highest BCUT2D eigenvalue weighted by Gasteiger charge is 2.51. The summed E-state index contributed by atoms with van der Waals surface area (Å²) in [6.07, 6.45) is 0. The highest BCUT2D eigenvalue weighted by Crippen LogP contribution is 2.62. The third-order valence-electron chi connectivity index (χ3n) is 12.2. The highest BCUT2D eigenvalue weighted by molar-refractivity contribution is 6.01. The van der Waals surface area contributed by atoms with E-state index in [1.807, 2.05) is 0 Å². The van der Waals surface area contributed by atoms with Crippen LogP contribution in [0.25, 0.3) is 84.0 Å². The van der Waals surface area contributed by atoms with Crippen LogP contribution in [0.3, 0.4) is 0 Å². The molecule has 0 fully saturated rings. The summed E-state index contributed by atoms with van der Waals surface area (Å²) in [6, 6.07) is 76.7. The first kappa shape index (κ1) is 32.6. The molecule has 2 aromatic heterocycles. The molecule has 3 heterocycles. The summed E-state index contributed by atoms with van der Waals surface area (Å²) < 4.78 is 2.40. The first-order valence-corrected chi connectivity index (χ1v) is 19.9. The molecule has 0 saturated carbocycles. The zero-order valence-electron chi connectivity index (χ0n) is 31.5. The minimum Gasteiger partial charge on any atom is -0.292 e. The van der Waals surface area contributed by atoms with Gasteiger partial charge < -0.3 is 0 Å². The van der Waals surface area contributed by atoms with Crippen molar-refractivity contribution in [3.05, 3.63) is 235 Å².